The van der Waals surface area contributed by atoms with E-state index in [0.717, 1.165) is 12.8 Å². The van der Waals surface area contributed by atoms with Gasteiger partial charge in [-0.05, 0) is 6.42 Å². The first-order valence-corrected chi connectivity index (χ1v) is 10.1. The fraction of sp³-hybridized carbons (Fsp3) is 1.00. The van der Waals surface area contributed by atoms with E-state index in [9.17, 15) is 8.42 Å². The molecule has 0 aromatic heterocycles. The van der Waals surface area contributed by atoms with Crippen molar-refractivity contribution < 1.29 is 21.9 Å². The number of rotatable bonds is 17. The molecule has 0 saturated carbocycles. The van der Waals surface area contributed by atoms with Gasteiger partial charge in [0.15, 0.2) is 0 Å². The van der Waals surface area contributed by atoms with Crippen molar-refractivity contribution in [3.63, 3.8) is 0 Å². The van der Waals surface area contributed by atoms with Gasteiger partial charge in [0.05, 0.1) is 13.2 Å². The number of unbranched alkanes of at least 4 members (excludes halogenated alkanes) is 11. The van der Waals surface area contributed by atoms with E-state index >= 15 is 0 Å². The minimum atomic E-state index is -4.32. The van der Waals surface area contributed by atoms with Crippen LogP contribution in [0.5, 0.6) is 0 Å². The molecule has 0 radical (unpaired) electrons. The van der Waals surface area contributed by atoms with Gasteiger partial charge in [-0.1, -0.05) is 77.6 Å². The standard InChI is InChI=1S/C16H34O5S.Na.H/c1-2-3-4-5-6-7-8-9-10-11-12-13-14-20-15-16-21-22(17,18)19;;/h2-16H2,1H3,(H,17,18,19);;. The summed E-state index contributed by atoms with van der Waals surface area (Å²) in [6, 6.07) is 0. The van der Waals surface area contributed by atoms with Crippen molar-refractivity contribution in [2.45, 2.75) is 84.0 Å². The third-order valence-electron chi connectivity index (χ3n) is 3.60. The van der Waals surface area contributed by atoms with Crippen molar-refractivity contribution in [1.82, 2.24) is 0 Å². The Bertz CT molecular complexity index is 322. The molecule has 0 rings (SSSR count). The van der Waals surface area contributed by atoms with Crippen molar-refractivity contribution in [2.24, 2.45) is 0 Å². The van der Waals surface area contributed by atoms with Crippen LogP contribution in [-0.2, 0) is 19.3 Å². The molecule has 0 fully saturated rings. The number of ether oxygens (including phenoxy) is 1. The maximum atomic E-state index is 10.3. The molecule has 0 saturated heterocycles. The Labute approximate surface area is 165 Å². The van der Waals surface area contributed by atoms with E-state index in [2.05, 4.69) is 11.1 Å². The average Bonchev–Trinajstić information content (AvgIpc) is 2.45. The Morgan fingerprint density at radius 3 is 1.57 bits per heavy atom. The van der Waals surface area contributed by atoms with Gasteiger partial charge in [0.2, 0.25) is 0 Å². The molecule has 0 spiro atoms. The summed E-state index contributed by atoms with van der Waals surface area (Å²) in [5.74, 6) is 0. The van der Waals surface area contributed by atoms with E-state index in [4.69, 9.17) is 9.29 Å². The summed E-state index contributed by atoms with van der Waals surface area (Å²) in [5.41, 5.74) is 0. The Morgan fingerprint density at radius 1 is 0.696 bits per heavy atom. The fourth-order valence-corrected chi connectivity index (χ4v) is 2.62. The Balaban J connectivity index is 0. The minimum absolute atomic E-state index is 0. The first-order chi connectivity index (χ1) is 10.6. The quantitative estimate of drug-likeness (QED) is 0.241. The van der Waals surface area contributed by atoms with Crippen molar-refractivity contribution in [3.8, 4) is 0 Å². The molecule has 0 bridgehead atoms. The predicted octanol–water partition coefficient (Wildman–Crippen LogP) is 3.88. The van der Waals surface area contributed by atoms with Crippen LogP contribution in [0, 0.1) is 0 Å². The van der Waals surface area contributed by atoms with Crippen LogP contribution in [0.3, 0.4) is 0 Å². The SMILES string of the molecule is CCCCCCCCCCCCCCOCCOS(=O)(=O)O.[NaH]. The van der Waals surface area contributed by atoms with Gasteiger partial charge in [0.1, 0.15) is 0 Å². The molecule has 23 heavy (non-hydrogen) atoms. The molecule has 0 aliphatic rings. The van der Waals surface area contributed by atoms with Gasteiger partial charge >= 0.3 is 40.0 Å². The summed E-state index contributed by atoms with van der Waals surface area (Å²) in [6.07, 6.45) is 15.6. The van der Waals surface area contributed by atoms with E-state index in [1.807, 2.05) is 0 Å². The monoisotopic (exact) mass is 362 g/mol. The first kappa shape index (κ1) is 26.1. The van der Waals surface area contributed by atoms with E-state index in [1.54, 1.807) is 0 Å². The number of hydrogen-bond acceptors (Lipinski definition) is 4. The second-order valence-electron chi connectivity index (χ2n) is 5.75. The van der Waals surface area contributed by atoms with E-state index < -0.39 is 10.4 Å². The van der Waals surface area contributed by atoms with E-state index in [-0.39, 0.29) is 42.8 Å². The van der Waals surface area contributed by atoms with Crippen LogP contribution in [0.2, 0.25) is 0 Å². The van der Waals surface area contributed by atoms with Crippen molar-refractivity contribution in [1.29, 1.82) is 0 Å². The zero-order chi connectivity index (χ0) is 16.5. The Hall–Kier alpha value is 0.830. The maximum absolute atomic E-state index is 10.3. The topological polar surface area (TPSA) is 72.8 Å². The van der Waals surface area contributed by atoms with E-state index in [1.165, 1.54) is 64.2 Å². The normalized spacial score (nSPS) is 11.4. The van der Waals surface area contributed by atoms with E-state index in [0.29, 0.717) is 6.61 Å². The van der Waals surface area contributed by atoms with Gasteiger partial charge in [0, 0.05) is 6.61 Å². The molecule has 1 N–H and O–H groups in total. The predicted molar refractivity (Wildman–Crippen MR) is 96.5 cm³/mol. The first-order valence-electron chi connectivity index (χ1n) is 8.76. The third kappa shape index (κ3) is 25.2. The summed E-state index contributed by atoms with van der Waals surface area (Å²) in [6.45, 7) is 2.93. The molecule has 0 aromatic carbocycles. The molecule has 0 atom stereocenters. The fourth-order valence-electron chi connectivity index (χ4n) is 2.35. The van der Waals surface area contributed by atoms with Gasteiger partial charge in [-0.3, -0.25) is 4.55 Å². The van der Waals surface area contributed by atoms with Gasteiger partial charge in [-0.25, -0.2) is 4.18 Å². The molecule has 0 aliphatic heterocycles. The summed E-state index contributed by atoms with van der Waals surface area (Å²) in [7, 11) is -4.32. The summed E-state index contributed by atoms with van der Waals surface area (Å²) < 4.78 is 38.2. The molecular weight excluding hydrogens is 327 g/mol. The molecule has 0 aliphatic carbocycles. The van der Waals surface area contributed by atoms with Crippen LogP contribution in [0.15, 0.2) is 0 Å². The van der Waals surface area contributed by atoms with Gasteiger partial charge in [0.25, 0.3) is 0 Å². The van der Waals surface area contributed by atoms with Crippen LogP contribution in [0.25, 0.3) is 0 Å². The summed E-state index contributed by atoms with van der Waals surface area (Å²) >= 11 is 0. The Kier molecular flexibility index (Phi) is 21.7. The van der Waals surface area contributed by atoms with Crippen LogP contribution in [0.4, 0.5) is 0 Å². The molecule has 0 aromatic rings. The van der Waals surface area contributed by atoms with Gasteiger partial charge in [-0.2, -0.15) is 8.42 Å². The summed E-state index contributed by atoms with van der Waals surface area (Å²) in [5, 5.41) is 0. The molecule has 0 heterocycles. The Morgan fingerprint density at radius 2 is 1.13 bits per heavy atom. The van der Waals surface area contributed by atoms with Crippen molar-refractivity contribution in [2.75, 3.05) is 19.8 Å². The number of hydrogen-bond donors (Lipinski definition) is 1. The van der Waals surface area contributed by atoms with Crippen molar-refractivity contribution >= 4 is 40.0 Å². The van der Waals surface area contributed by atoms with Gasteiger partial charge in [-0.15, -0.1) is 0 Å². The molecule has 0 unspecified atom stereocenters. The average molecular weight is 363 g/mol. The van der Waals surface area contributed by atoms with Crippen LogP contribution in [-0.4, -0.2) is 62.3 Å². The van der Waals surface area contributed by atoms with Crippen LogP contribution in [0.1, 0.15) is 84.0 Å². The second kappa shape index (κ2) is 19.2. The van der Waals surface area contributed by atoms with Crippen LogP contribution >= 0.6 is 0 Å². The van der Waals surface area contributed by atoms with Crippen LogP contribution < -0.4 is 0 Å². The zero-order valence-corrected chi connectivity index (χ0v) is 14.9. The van der Waals surface area contributed by atoms with Gasteiger partial charge < -0.3 is 4.74 Å². The third-order valence-corrected chi connectivity index (χ3v) is 4.07. The zero-order valence-electron chi connectivity index (χ0n) is 14.1. The molecule has 0 amide bonds. The molecule has 7 heteroatoms. The molecular formula is C16H35NaO5S. The molecule has 5 nitrogen and oxygen atoms in total. The molecule has 136 valence electrons. The second-order valence-corrected chi connectivity index (χ2v) is 6.84. The summed E-state index contributed by atoms with van der Waals surface area (Å²) in [4.78, 5) is 0. The van der Waals surface area contributed by atoms with Crippen molar-refractivity contribution in [3.05, 3.63) is 0 Å².